The van der Waals surface area contributed by atoms with Gasteiger partial charge in [0.2, 0.25) is 5.91 Å². The zero-order valence-corrected chi connectivity index (χ0v) is 13.8. The third kappa shape index (κ3) is 3.75. The molecule has 0 radical (unpaired) electrons. The van der Waals surface area contributed by atoms with Crippen LogP contribution in [0.15, 0.2) is 18.2 Å². The summed E-state index contributed by atoms with van der Waals surface area (Å²) in [5.41, 5.74) is 2.03. The van der Waals surface area contributed by atoms with Crippen LogP contribution in [0.1, 0.15) is 54.9 Å². The molecule has 0 saturated heterocycles. The number of carbonyl (C=O) groups is 3. The van der Waals surface area contributed by atoms with Crippen molar-refractivity contribution in [2.45, 2.75) is 57.6 Å². The molecule has 1 aliphatic heterocycles. The molecule has 1 atom stereocenters. The highest BCUT2D eigenvalue weighted by Crippen LogP contribution is 2.24. The van der Waals surface area contributed by atoms with Crippen molar-refractivity contribution in [3.63, 3.8) is 0 Å². The maximum Gasteiger partial charge on any atom is 0.338 e. The molecule has 1 heterocycles. The van der Waals surface area contributed by atoms with E-state index in [1.807, 2.05) is 0 Å². The first kappa shape index (κ1) is 16.5. The van der Waals surface area contributed by atoms with Gasteiger partial charge in [0.25, 0.3) is 5.91 Å². The van der Waals surface area contributed by atoms with Crippen LogP contribution in [0.2, 0.25) is 0 Å². The Labute approximate surface area is 140 Å². The first-order valence-electron chi connectivity index (χ1n) is 8.47. The third-order valence-electron chi connectivity index (χ3n) is 4.59. The average Bonchev–Trinajstić information content (AvgIpc) is 3.07. The number of hydrogen-bond acceptors (Lipinski definition) is 4. The summed E-state index contributed by atoms with van der Waals surface area (Å²) in [6, 6.07) is 5.23. The molecule has 128 valence electrons. The van der Waals surface area contributed by atoms with Crippen LogP contribution in [-0.2, 0) is 20.7 Å². The van der Waals surface area contributed by atoms with Crippen LogP contribution in [0.25, 0.3) is 0 Å². The molecule has 2 amide bonds. The molecule has 6 heteroatoms. The Kier molecular flexibility index (Phi) is 4.83. The van der Waals surface area contributed by atoms with Gasteiger partial charge in [0.15, 0.2) is 6.10 Å². The van der Waals surface area contributed by atoms with E-state index in [-0.39, 0.29) is 17.9 Å². The molecule has 0 bridgehead atoms. The van der Waals surface area contributed by atoms with Gasteiger partial charge in [0.1, 0.15) is 0 Å². The minimum Gasteiger partial charge on any atom is -0.449 e. The molecule has 1 saturated carbocycles. The zero-order valence-electron chi connectivity index (χ0n) is 13.8. The van der Waals surface area contributed by atoms with E-state index in [1.165, 1.54) is 0 Å². The molecule has 1 aromatic carbocycles. The van der Waals surface area contributed by atoms with E-state index in [2.05, 4.69) is 10.6 Å². The van der Waals surface area contributed by atoms with Crippen molar-refractivity contribution in [3.8, 4) is 0 Å². The summed E-state index contributed by atoms with van der Waals surface area (Å²) in [5.74, 6) is -0.792. The lowest BCUT2D eigenvalue weighted by molar-refractivity contribution is -0.129. The molecule has 3 rings (SSSR count). The maximum atomic E-state index is 12.3. The number of aryl methyl sites for hydroxylation is 1. The molecule has 1 aliphatic carbocycles. The van der Waals surface area contributed by atoms with Gasteiger partial charge in [-0.2, -0.15) is 0 Å². The van der Waals surface area contributed by atoms with E-state index >= 15 is 0 Å². The third-order valence-corrected chi connectivity index (χ3v) is 4.59. The van der Waals surface area contributed by atoms with Crippen molar-refractivity contribution in [2.75, 3.05) is 5.32 Å². The predicted octanol–water partition coefficient (Wildman–Crippen LogP) is 2.18. The Balaban J connectivity index is 1.59. The highest BCUT2D eigenvalue weighted by atomic mass is 16.5. The number of ether oxygens (including phenoxy) is 1. The van der Waals surface area contributed by atoms with E-state index < -0.39 is 12.1 Å². The number of rotatable bonds is 4. The SMILES string of the molecule is C[C@H](OC(=O)c1ccc2c(c1)CCC(=O)N2)C(=O)NC1CCCC1. The molecule has 0 unspecified atom stereocenters. The molecule has 1 fully saturated rings. The van der Waals surface area contributed by atoms with Crippen molar-refractivity contribution in [1.82, 2.24) is 5.32 Å². The summed E-state index contributed by atoms with van der Waals surface area (Å²) >= 11 is 0. The smallest absolute Gasteiger partial charge is 0.338 e. The normalized spacial score (nSPS) is 18.5. The van der Waals surface area contributed by atoms with Gasteiger partial charge in [-0.05, 0) is 49.9 Å². The summed E-state index contributed by atoms with van der Waals surface area (Å²) in [6.07, 6.45) is 4.42. The zero-order chi connectivity index (χ0) is 17.1. The fraction of sp³-hybridized carbons (Fsp3) is 0.500. The number of amides is 2. The fourth-order valence-corrected chi connectivity index (χ4v) is 3.18. The van der Waals surface area contributed by atoms with E-state index in [9.17, 15) is 14.4 Å². The average molecular weight is 330 g/mol. The van der Waals surface area contributed by atoms with E-state index in [0.717, 1.165) is 36.9 Å². The van der Waals surface area contributed by atoms with Gasteiger partial charge in [-0.1, -0.05) is 12.8 Å². The number of carbonyl (C=O) groups excluding carboxylic acids is 3. The highest BCUT2D eigenvalue weighted by molar-refractivity contribution is 5.96. The molecule has 2 aliphatic rings. The summed E-state index contributed by atoms with van der Waals surface area (Å²) in [7, 11) is 0. The summed E-state index contributed by atoms with van der Waals surface area (Å²) in [4.78, 5) is 35.7. The van der Waals surface area contributed by atoms with Crippen molar-refractivity contribution in [3.05, 3.63) is 29.3 Å². The van der Waals surface area contributed by atoms with E-state index in [1.54, 1.807) is 25.1 Å². The lowest BCUT2D eigenvalue weighted by Crippen LogP contribution is -2.40. The Morgan fingerprint density at radius 2 is 2.00 bits per heavy atom. The largest absolute Gasteiger partial charge is 0.449 e. The molecule has 24 heavy (non-hydrogen) atoms. The van der Waals surface area contributed by atoms with Gasteiger partial charge >= 0.3 is 5.97 Å². The Morgan fingerprint density at radius 1 is 1.25 bits per heavy atom. The van der Waals surface area contributed by atoms with Gasteiger partial charge in [0, 0.05) is 18.2 Å². The number of nitrogens with one attached hydrogen (secondary N) is 2. The van der Waals surface area contributed by atoms with Crippen LogP contribution in [0.5, 0.6) is 0 Å². The molecular weight excluding hydrogens is 308 g/mol. The minimum absolute atomic E-state index is 0.0185. The van der Waals surface area contributed by atoms with Crippen LogP contribution in [-0.4, -0.2) is 29.9 Å². The number of esters is 1. The molecule has 2 N–H and O–H groups in total. The predicted molar refractivity (Wildman–Crippen MR) is 88.7 cm³/mol. The number of benzene rings is 1. The summed E-state index contributed by atoms with van der Waals surface area (Å²) in [5, 5.41) is 5.70. The van der Waals surface area contributed by atoms with Gasteiger partial charge in [-0.3, -0.25) is 9.59 Å². The van der Waals surface area contributed by atoms with E-state index in [4.69, 9.17) is 4.74 Å². The highest BCUT2D eigenvalue weighted by Gasteiger charge is 2.24. The van der Waals surface area contributed by atoms with Crippen LogP contribution in [0.4, 0.5) is 5.69 Å². The first-order chi connectivity index (χ1) is 11.5. The minimum atomic E-state index is -0.825. The lowest BCUT2D eigenvalue weighted by Gasteiger charge is -2.19. The van der Waals surface area contributed by atoms with Crippen molar-refractivity contribution in [2.24, 2.45) is 0 Å². The molecule has 0 aromatic heterocycles. The molecule has 6 nitrogen and oxygen atoms in total. The van der Waals surface area contributed by atoms with Crippen molar-refractivity contribution >= 4 is 23.5 Å². The van der Waals surface area contributed by atoms with Gasteiger partial charge < -0.3 is 15.4 Å². The van der Waals surface area contributed by atoms with Crippen molar-refractivity contribution in [1.29, 1.82) is 0 Å². The molecular formula is C18H22N2O4. The van der Waals surface area contributed by atoms with Crippen LogP contribution in [0, 0.1) is 0 Å². The van der Waals surface area contributed by atoms with Crippen LogP contribution in [0.3, 0.4) is 0 Å². The summed E-state index contributed by atoms with van der Waals surface area (Å²) in [6.45, 7) is 1.58. The quantitative estimate of drug-likeness (QED) is 0.829. The number of hydrogen-bond donors (Lipinski definition) is 2. The second kappa shape index (κ2) is 7.03. The van der Waals surface area contributed by atoms with E-state index in [0.29, 0.717) is 18.4 Å². The Bertz CT molecular complexity index is 665. The Morgan fingerprint density at radius 3 is 2.75 bits per heavy atom. The summed E-state index contributed by atoms with van der Waals surface area (Å²) < 4.78 is 5.28. The molecule has 0 spiro atoms. The van der Waals surface area contributed by atoms with Gasteiger partial charge in [0.05, 0.1) is 5.56 Å². The standard InChI is InChI=1S/C18H22N2O4/c1-11(17(22)19-14-4-2-3-5-14)24-18(23)13-6-8-15-12(10-13)7-9-16(21)20-15/h6,8,10-11,14H,2-5,7,9H2,1H3,(H,19,22)(H,20,21)/t11-/m0/s1. The maximum absolute atomic E-state index is 12.3. The Hall–Kier alpha value is -2.37. The second-order valence-corrected chi connectivity index (χ2v) is 6.46. The number of fused-ring (bicyclic) bond motifs is 1. The van der Waals surface area contributed by atoms with Crippen LogP contribution >= 0.6 is 0 Å². The van der Waals surface area contributed by atoms with Gasteiger partial charge in [-0.25, -0.2) is 4.79 Å². The van der Waals surface area contributed by atoms with Gasteiger partial charge in [-0.15, -0.1) is 0 Å². The fourth-order valence-electron chi connectivity index (χ4n) is 3.18. The molecule has 1 aromatic rings. The first-order valence-corrected chi connectivity index (χ1v) is 8.47. The lowest BCUT2D eigenvalue weighted by atomic mass is 10.0. The van der Waals surface area contributed by atoms with Crippen LogP contribution < -0.4 is 10.6 Å². The number of anilines is 1. The monoisotopic (exact) mass is 330 g/mol. The topological polar surface area (TPSA) is 84.5 Å². The second-order valence-electron chi connectivity index (χ2n) is 6.46. The van der Waals surface area contributed by atoms with Crippen molar-refractivity contribution < 1.29 is 19.1 Å².